The van der Waals surface area contributed by atoms with Crippen molar-refractivity contribution in [1.29, 1.82) is 0 Å². The van der Waals surface area contributed by atoms with Gasteiger partial charge in [0.1, 0.15) is 11.6 Å². The van der Waals surface area contributed by atoms with Gasteiger partial charge in [-0.25, -0.2) is 4.98 Å². The Bertz CT molecular complexity index is 1210. The van der Waals surface area contributed by atoms with Gasteiger partial charge in [-0.2, -0.15) is 27.9 Å². The lowest BCUT2D eigenvalue weighted by atomic mass is 10.0. The van der Waals surface area contributed by atoms with Crippen molar-refractivity contribution in [3.8, 4) is 28.1 Å². The predicted molar refractivity (Wildman–Crippen MR) is 101 cm³/mol. The number of rotatable bonds is 3. The van der Waals surface area contributed by atoms with Crippen LogP contribution in [0.25, 0.3) is 28.0 Å². The Morgan fingerprint density at radius 1 is 1.14 bits per heavy atom. The molecule has 0 amide bonds. The molecule has 0 aliphatic heterocycles. The molecule has 10 heteroatoms. The van der Waals surface area contributed by atoms with Crippen LogP contribution in [0.1, 0.15) is 11.4 Å². The highest BCUT2D eigenvalue weighted by atomic mass is 19.4. The summed E-state index contributed by atoms with van der Waals surface area (Å²) in [6, 6.07) is 8.71. The number of aromatic nitrogens is 5. The minimum Gasteiger partial charge on any atom is -0.497 e. The summed E-state index contributed by atoms with van der Waals surface area (Å²) in [7, 11) is 2.81. The van der Waals surface area contributed by atoms with Gasteiger partial charge in [-0.15, -0.1) is 0 Å². The number of alkyl halides is 3. The van der Waals surface area contributed by atoms with Crippen molar-refractivity contribution in [3.05, 3.63) is 47.9 Å². The monoisotopic (exact) mass is 402 g/mol. The van der Waals surface area contributed by atoms with E-state index < -0.39 is 11.9 Å². The highest BCUT2D eigenvalue weighted by molar-refractivity contribution is 5.79. The molecule has 7 nitrogen and oxygen atoms in total. The zero-order chi connectivity index (χ0) is 20.9. The van der Waals surface area contributed by atoms with E-state index in [1.54, 1.807) is 26.2 Å². The molecule has 1 aromatic carbocycles. The number of methoxy groups -OCH3 is 1. The number of hydrogen-bond donors (Lipinski definition) is 1. The van der Waals surface area contributed by atoms with Crippen molar-refractivity contribution in [2.24, 2.45) is 7.05 Å². The lowest BCUT2D eigenvalue weighted by molar-refractivity contribution is -0.143. The van der Waals surface area contributed by atoms with Gasteiger partial charge in [-0.1, -0.05) is 12.1 Å². The quantitative estimate of drug-likeness (QED) is 0.565. The van der Waals surface area contributed by atoms with Crippen LogP contribution in [-0.4, -0.2) is 31.5 Å². The molecule has 0 spiro atoms. The zero-order valence-electron chi connectivity index (χ0n) is 15.8. The number of fused-ring (bicyclic) bond motifs is 1. The summed E-state index contributed by atoms with van der Waals surface area (Å²) in [6.07, 6.45) is -3.43. The minimum absolute atomic E-state index is 0.0934. The molecule has 3 heterocycles. The second-order valence-electron chi connectivity index (χ2n) is 6.51. The van der Waals surface area contributed by atoms with E-state index in [4.69, 9.17) is 10.5 Å². The van der Waals surface area contributed by atoms with Crippen LogP contribution in [0, 0.1) is 6.92 Å². The van der Waals surface area contributed by atoms with Crippen LogP contribution in [0.4, 0.5) is 19.0 Å². The molecule has 2 N–H and O–H groups in total. The molecule has 0 aliphatic rings. The van der Waals surface area contributed by atoms with E-state index in [0.29, 0.717) is 22.7 Å². The summed E-state index contributed by atoms with van der Waals surface area (Å²) >= 11 is 0. The van der Waals surface area contributed by atoms with Crippen LogP contribution in [0.5, 0.6) is 5.75 Å². The summed E-state index contributed by atoms with van der Waals surface area (Å²) in [4.78, 5) is 4.48. The largest absolute Gasteiger partial charge is 0.497 e. The van der Waals surface area contributed by atoms with Crippen LogP contribution in [0.2, 0.25) is 0 Å². The average Bonchev–Trinajstić information content (AvgIpc) is 3.25. The molecule has 4 rings (SSSR count). The van der Waals surface area contributed by atoms with Gasteiger partial charge >= 0.3 is 6.18 Å². The standard InChI is InChI=1S/C19H17F3N6O/c1-10-16(11-4-6-12(29-3)7-5-11)18(23)28-15(25-10)8-14(26-28)13-9-24-27(2)17(13)19(20,21)22/h4-9H,23H2,1-3H3. The lowest BCUT2D eigenvalue weighted by Crippen LogP contribution is -2.13. The molecule has 0 aliphatic carbocycles. The first-order valence-corrected chi connectivity index (χ1v) is 8.60. The van der Waals surface area contributed by atoms with Gasteiger partial charge < -0.3 is 10.5 Å². The fourth-order valence-electron chi connectivity index (χ4n) is 3.35. The number of halogens is 3. The molecule has 0 saturated heterocycles. The molecule has 4 aromatic rings. The third kappa shape index (κ3) is 3.06. The number of nitrogens with zero attached hydrogens (tertiary/aromatic N) is 5. The SMILES string of the molecule is COc1ccc(-c2c(C)nc3cc(-c4cnn(C)c4C(F)(F)F)nn3c2N)cc1. The maximum atomic E-state index is 13.4. The second kappa shape index (κ2) is 6.50. The highest BCUT2D eigenvalue weighted by Gasteiger charge is 2.38. The summed E-state index contributed by atoms with van der Waals surface area (Å²) in [5, 5.41) is 8.02. The van der Waals surface area contributed by atoms with E-state index in [2.05, 4.69) is 15.2 Å². The smallest absolute Gasteiger partial charge is 0.433 e. The molecule has 0 atom stereocenters. The summed E-state index contributed by atoms with van der Waals surface area (Å²) in [5.74, 6) is 0.970. The van der Waals surface area contributed by atoms with Gasteiger partial charge in [0.05, 0.1) is 30.3 Å². The number of ether oxygens (including phenoxy) is 1. The molecule has 0 fully saturated rings. The van der Waals surface area contributed by atoms with Gasteiger partial charge in [-0.05, 0) is 24.6 Å². The molecular formula is C19H17F3N6O. The molecule has 150 valence electrons. The average molecular weight is 402 g/mol. The summed E-state index contributed by atoms with van der Waals surface area (Å²) < 4.78 is 47.6. The molecule has 0 radical (unpaired) electrons. The number of aryl methyl sites for hydroxylation is 2. The molecular weight excluding hydrogens is 385 g/mol. The first-order valence-electron chi connectivity index (χ1n) is 8.60. The number of anilines is 1. The number of hydrogen-bond acceptors (Lipinski definition) is 5. The Labute approximate surface area is 163 Å². The van der Waals surface area contributed by atoms with Crippen LogP contribution in [0.15, 0.2) is 36.5 Å². The van der Waals surface area contributed by atoms with E-state index in [9.17, 15) is 13.2 Å². The molecule has 0 unspecified atom stereocenters. The Kier molecular flexibility index (Phi) is 4.21. The Morgan fingerprint density at radius 2 is 1.83 bits per heavy atom. The molecule has 0 bridgehead atoms. The Hall–Kier alpha value is -3.56. The number of nitrogen functional groups attached to an aromatic ring is 1. The third-order valence-electron chi connectivity index (χ3n) is 4.68. The van der Waals surface area contributed by atoms with Gasteiger partial charge in [-0.3, -0.25) is 4.68 Å². The van der Waals surface area contributed by atoms with E-state index >= 15 is 0 Å². The first-order chi connectivity index (χ1) is 13.7. The van der Waals surface area contributed by atoms with E-state index in [1.807, 2.05) is 12.1 Å². The fourth-order valence-corrected chi connectivity index (χ4v) is 3.35. The van der Waals surface area contributed by atoms with E-state index in [1.165, 1.54) is 17.6 Å². The van der Waals surface area contributed by atoms with E-state index in [0.717, 1.165) is 16.4 Å². The number of nitrogens with two attached hydrogens (primary N) is 1. The van der Waals surface area contributed by atoms with Gasteiger partial charge in [0.15, 0.2) is 11.3 Å². The summed E-state index contributed by atoms with van der Waals surface area (Å²) in [6.45, 7) is 1.79. The van der Waals surface area contributed by atoms with Crippen LogP contribution in [-0.2, 0) is 13.2 Å². The van der Waals surface area contributed by atoms with Crippen molar-refractivity contribution in [2.45, 2.75) is 13.1 Å². The van der Waals surface area contributed by atoms with Crippen molar-refractivity contribution >= 4 is 11.5 Å². The van der Waals surface area contributed by atoms with Crippen molar-refractivity contribution < 1.29 is 17.9 Å². The van der Waals surface area contributed by atoms with Crippen molar-refractivity contribution in [2.75, 3.05) is 12.8 Å². The van der Waals surface area contributed by atoms with Crippen molar-refractivity contribution in [3.63, 3.8) is 0 Å². The molecule has 0 saturated carbocycles. The van der Waals surface area contributed by atoms with Gasteiger partial charge in [0.2, 0.25) is 0 Å². The lowest BCUT2D eigenvalue weighted by Gasteiger charge is -2.11. The zero-order valence-corrected chi connectivity index (χ0v) is 15.8. The first kappa shape index (κ1) is 18.8. The topological polar surface area (TPSA) is 83.3 Å². The Balaban J connectivity index is 1.89. The van der Waals surface area contributed by atoms with Gasteiger partial charge in [0.25, 0.3) is 0 Å². The molecule has 29 heavy (non-hydrogen) atoms. The maximum absolute atomic E-state index is 13.4. The summed E-state index contributed by atoms with van der Waals surface area (Å²) in [5.41, 5.74) is 7.84. The molecule has 3 aromatic heterocycles. The van der Waals surface area contributed by atoms with E-state index in [-0.39, 0.29) is 17.1 Å². The fraction of sp³-hybridized carbons (Fsp3) is 0.211. The maximum Gasteiger partial charge on any atom is 0.433 e. The number of benzene rings is 1. The minimum atomic E-state index is -4.57. The van der Waals surface area contributed by atoms with Crippen molar-refractivity contribution in [1.82, 2.24) is 24.4 Å². The van der Waals surface area contributed by atoms with Crippen LogP contribution in [0.3, 0.4) is 0 Å². The third-order valence-corrected chi connectivity index (χ3v) is 4.68. The van der Waals surface area contributed by atoms with Gasteiger partial charge in [0, 0.05) is 18.7 Å². The second-order valence-corrected chi connectivity index (χ2v) is 6.51. The van der Waals surface area contributed by atoms with Crippen LogP contribution >= 0.6 is 0 Å². The normalized spacial score (nSPS) is 11.9. The predicted octanol–water partition coefficient (Wildman–Crippen LogP) is 3.71. The van der Waals surface area contributed by atoms with Crippen LogP contribution < -0.4 is 10.5 Å². The Morgan fingerprint density at radius 3 is 2.45 bits per heavy atom. The highest BCUT2D eigenvalue weighted by Crippen LogP contribution is 2.37.